The van der Waals surface area contributed by atoms with Gasteiger partial charge in [-0.2, -0.15) is 0 Å². The standard InChI is InChI=1S/C22H32N4O2/c1-28-21-5-3-2-4-18(21)13-25-9-6-22(7-10-25)8-11-26(14-19(22)16-27)15-20-12-23-17-24-20/h2-5,12,17,19,27H,6-11,13-16H2,1H3,(H,23,24). The molecule has 2 N–H and O–H groups in total. The minimum atomic E-state index is 0.284. The highest BCUT2D eigenvalue weighted by atomic mass is 16.5. The molecule has 2 aliphatic heterocycles. The number of imidazole rings is 1. The zero-order valence-corrected chi connectivity index (χ0v) is 16.8. The number of hydrogen-bond donors (Lipinski definition) is 2. The average Bonchev–Trinajstić information content (AvgIpc) is 3.25. The van der Waals surface area contributed by atoms with Gasteiger partial charge in [0.15, 0.2) is 0 Å². The Hall–Kier alpha value is -1.89. The molecular weight excluding hydrogens is 352 g/mol. The van der Waals surface area contributed by atoms with Gasteiger partial charge in [-0.05, 0) is 50.4 Å². The molecule has 4 rings (SSSR count). The van der Waals surface area contributed by atoms with E-state index < -0.39 is 0 Å². The fourth-order valence-corrected chi connectivity index (χ4v) is 5.08. The lowest BCUT2D eigenvalue weighted by molar-refractivity contribution is -0.0452. The SMILES string of the molecule is COc1ccccc1CN1CCC2(CC1)CCN(Cc1cnc[nH]1)CC2CO. The maximum absolute atomic E-state index is 10.1. The molecule has 2 aliphatic rings. The summed E-state index contributed by atoms with van der Waals surface area (Å²) in [6, 6.07) is 8.31. The molecule has 6 nitrogen and oxygen atoms in total. The molecule has 1 aromatic carbocycles. The van der Waals surface area contributed by atoms with Gasteiger partial charge in [-0.25, -0.2) is 4.98 Å². The summed E-state index contributed by atoms with van der Waals surface area (Å²) >= 11 is 0. The zero-order chi connectivity index (χ0) is 19.4. The summed E-state index contributed by atoms with van der Waals surface area (Å²) in [6.07, 6.45) is 7.15. The van der Waals surface area contributed by atoms with E-state index in [4.69, 9.17) is 4.74 Å². The van der Waals surface area contributed by atoms with Crippen molar-refractivity contribution in [2.45, 2.75) is 32.4 Å². The van der Waals surface area contributed by atoms with Crippen LogP contribution in [0.5, 0.6) is 5.75 Å². The number of para-hydroxylation sites is 1. The normalized spacial score (nSPS) is 23.1. The Balaban J connectivity index is 1.35. The third-order valence-electron chi connectivity index (χ3n) is 6.88. The molecule has 2 aromatic rings. The highest BCUT2D eigenvalue weighted by Crippen LogP contribution is 2.45. The number of ether oxygens (including phenoxy) is 1. The monoisotopic (exact) mass is 384 g/mol. The van der Waals surface area contributed by atoms with Crippen molar-refractivity contribution in [3.63, 3.8) is 0 Å². The van der Waals surface area contributed by atoms with Crippen molar-refractivity contribution in [2.75, 3.05) is 39.9 Å². The van der Waals surface area contributed by atoms with Crippen LogP contribution < -0.4 is 4.74 Å². The van der Waals surface area contributed by atoms with Crippen LogP contribution in [0.15, 0.2) is 36.8 Å². The Morgan fingerprint density at radius 2 is 1.89 bits per heavy atom. The first-order valence-electron chi connectivity index (χ1n) is 10.4. The molecule has 152 valence electrons. The molecule has 0 radical (unpaired) electrons. The van der Waals surface area contributed by atoms with Crippen molar-refractivity contribution in [2.24, 2.45) is 11.3 Å². The maximum Gasteiger partial charge on any atom is 0.123 e. The molecule has 0 bridgehead atoms. The summed E-state index contributed by atoms with van der Waals surface area (Å²) in [6.45, 7) is 6.38. The van der Waals surface area contributed by atoms with E-state index in [1.807, 2.05) is 18.3 Å². The van der Waals surface area contributed by atoms with Gasteiger partial charge in [0.05, 0.1) is 13.4 Å². The van der Waals surface area contributed by atoms with Crippen LogP contribution >= 0.6 is 0 Å². The molecule has 1 spiro atoms. The summed E-state index contributed by atoms with van der Waals surface area (Å²) in [5.41, 5.74) is 2.70. The van der Waals surface area contributed by atoms with Gasteiger partial charge in [0, 0.05) is 49.6 Å². The average molecular weight is 385 g/mol. The van der Waals surface area contributed by atoms with Crippen molar-refractivity contribution < 1.29 is 9.84 Å². The van der Waals surface area contributed by atoms with Gasteiger partial charge < -0.3 is 14.8 Å². The fraction of sp³-hybridized carbons (Fsp3) is 0.591. The maximum atomic E-state index is 10.1. The molecule has 3 heterocycles. The number of nitrogens with one attached hydrogen (secondary N) is 1. The number of rotatable bonds is 6. The van der Waals surface area contributed by atoms with Gasteiger partial charge in [0.2, 0.25) is 0 Å². The number of aromatic amines is 1. The number of aliphatic hydroxyl groups is 1. The second kappa shape index (κ2) is 8.64. The van der Waals surface area contributed by atoms with E-state index in [1.54, 1.807) is 13.4 Å². The van der Waals surface area contributed by atoms with E-state index in [0.29, 0.717) is 5.92 Å². The first-order valence-corrected chi connectivity index (χ1v) is 10.4. The number of hydrogen-bond acceptors (Lipinski definition) is 5. The minimum Gasteiger partial charge on any atom is -0.496 e. The Kier molecular flexibility index (Phi) is 5.99. The lowest BCUT2D eigenvalue weighted by atomic mass is 9.64. The van der Waals surface area contributed by atoms with E-state index in [2.05, 4.69) is 31.9 Å². The predicted octanol–water partition coefficient (Wildman–Crippen LogP) is 2.51. The van der Waals surface area contributed by atoms with E-state index in [9.17, 15) is 5.11 Å². The van der Waals surface area contributed by atoms with Crippen LogP contribution in [0.2, 0.25) is 0 Å². The number of likely N-dealkylation sites (tertiary alicyclic amines) is 2. The van der Waals surface area contributed by atoms with Crippen LogP contribution in [-0.2, 0) is 13.1 Å². The lowest BCUT2D eigenvalue weighted by Crippen LogP contribution is -2.53. The van der Waals surface area contributed by atoms with Gasteiger partial charge >= 0.3 is 0 Å². The molecule has 1 aromatic heterocycles. The Morgan fingerprint density at radius 1 is 1.14 bits per heavy atom. The third-order valence-corrected chi connectivity index (χ3v) is 6.88. The van der Waals surface area contributed by atoms with Crippen LogP contribution in [0.25, 0.3) is 0 Å². The second-order valence-corrected chi connectivity index (χ2v) is 8.39. The fourth-order valence-electron chi connectivity index (χ4n) is 5.08. The number of nitrogens with zero attached hydrogens (tertiary/aromatic N) is 3. The van der Waals surface area contributed by atoms with Crippen molar-refractivity contribution in [3.8, 4) is 5.75 Å². The third kappa shape index (κ3) is 4.09. The van der Waals surface area contributed by atoms with E-state index in [-0.39, 0.29) is 12.0 Å². The minimum absolute atomic E-state index is 0.284. The van der Waals surface area contributed by atoms with Crippen molar-refractivity contribution in [3.05, 3.63) is 48.0 Å². The van der Waals surface area contributed by atoms with Gasteiger partial charge in [-0.3, -0.25) is 9.80 Å². The second-order valence-electron chi connectivity index (χ2n) is 8.39. The lowest BCUT2D eigenvalue weighted by Gasteiger charge is -2.51. The van der Waals surface area contributed by atoms with Crippen molar-refractivity contribution in [1.29, 1.82) is 0 Å². The predicted molar refractivity (Wildman–Crippen MR) is 109 cm³/mol. The van der Waals surface area contributed by atoms with Crippen molar-refractivity contribution >= 4 is 0 Å². The molecular formula is C22H32N4O2. The van der Waals surface area contributed by atoms with E-state index in [0.717, 1.165) is 50.7 Å². The quantitative estimate of drug-likeness (QED) is 0.801. The summed E-state index contributed by atoms with van der Waals surface area (Å²) in [5.74, 6) is 1.33. The van der Waals surface area contributed by atoms with Gasteiger partial charge in [-0.1, -0.05) is 18.2 Å². The van der Waals surface area contributed by atoms with Crippen LogP contribution in [0.3, 0.4) is 0 Å². The van der Waals surface area contributed by atoms with Gasteiger partial charge in [0.1, 0.15) is 5.75 Å². The van der Waals surface area contributed by atoms with Gasteiger partial charge in [-0.15, -0.1) is 0 Å². The molecule has 6 heteroatoms. The molecule has 0 amide bonds. The number of methoxy groups -OCH3 is 1. The zero-order valence-electron chi connectivity index (χ0n) is 16.8. The van der Waals surface area contributed by atoms with Crippen LogP contribution in [0.1, 0.15) is 30.5 Å². The first kappa shape index (κ1) is 19.4. The molecule has 2 saturated heterocycles. The van der Waals surface area contributed by atoms with Crippen molar-refractivity contribution in [1.82, 2.24) is 19.8 Å². The van der Waals surface area contributed by atoms with Crippen LogP contribution in [0, 0.1) is 11.3 Å². The highest BCUT2D eigenvalue weighted by Gasteiger charge is 2.44. The summed E-state index contributed by atoms with van der Waals surface area (Å²) in [7, 11) is 1.74. The Labute approximate surface area is 167 Å². The van der Waals surface area contributed by atoms with Crippen LogP contribution in [-0.4, -0.2) is 64.8 Å². The van der Waals surface area contributed by atoms with Gasteiger partial charge in [0.25, 0.3) is 0 Å². The number of benzene rings is 1. The van der Waals surface area contributed by atoms with E-state index >= 15 is 0 Å². The Bertz CT molecular complexity index is 741. The largest absolute Gasteiger partial charge is 0.496 e. The van der Waals surface area contributed by atoms with E-state index in [1.165, 1.54) is 24.8 Å². The summed E-state index contributed by atoms with van der Waals surface area (Å²) in [4.78, 5) is 12.3. The highest BCUT2D eigenvalue weighted by molar-refractivity contribution is 5.33. The van der Waals surface area contributed by atoms with Crippen LogP contribution in [0.4, 0.5) is 0 Å². The number of H-pyrrole nitrogens is 1. The molecule has 0 aliphatic carbocycles. The summed E-state index contributed by atoms with van der Waals surface area (Å²) in [5, 5.41) is 10.1. The topological polar surface area (TPSA) is 64.6 Å². The Morgan fingerprint density at radius 3 is 2.57 bits per heavy atom. The molecule has 0 saturated carbocycles. The molecule has 28 heavy (non-hydrogen) atoms. The number of aromatic nitrogens is 2. The molecule has 1 atom stereocenters. The smallest absolute Gasteiger partial charge is 0.123 e. The number of piperidine rings is 2. The molecule has 1 unspecified atom stereocenters. The summed E-state index contributed by atoms with van der Waals surface area (Å²) < 4.78 is 5.51. The number of aliphatic hydroxyl groups excluding tert-OH is 1. The first-order chi connectivity index (χ1) is 13.7. The molecule has 2 fully saturated rings.